The third-order valence-corrected chi connectivity index (χ3v) is 2.59. The van der Waals surface area contributed by atoms with Crippen molar-refractivity contribution < 1.29 is 4.74 Å². The van der Waals surface area contributed by atoms with Gasteiger partial charge in [0.15, 0.2) is 5.11 Å². The zero-order valence-electron chi connectivity index (χ0n) is 9.61. The summed E-state index contributed by atoms with van der Waals surface area (Å²) in [7, 11) is 1.66. The van der Waals surface area contributed by atoms with Crippen molar-refractivity contribution >= 4 is 23.5 Å². The predicted octanol–water partition coefficient (Wildman–Crippen LogP) is 1.44. The van der Waals surface area contributed by atoms with Crippen LogP contribution >= 0.6 is 12.2 Å². The zero-order chi connectivity index (χ0) is 11.6. The standard InChI is InChI=1S/C11H19N3OS/c1-15-8-7-12-11(16)14-13-9-10-5-3-2-4-6-10/h2-3,9-10H,4-8H2,1H3,(H2,12,14,16). The summed E-state index contributed by atoms with van der Waals surface area (Å²) >= 11 is 5.03. The van der Waals surface area contributed by atoms with E-state index in [9.17, 15) is 0 Å². The Bertz CT molecular complexity index is 266. The molecule has 16 heavy (non-hydrogen) atoms. The van der Waals surface area contributed by atoms with Crippen LogP contribution < -0.4 is 10.7 Å². The monoisotopic (exact) mass is 241 g/mol. The van der Waals surface area contributed by atoms with Gasteiger partial charge in [-0.15, -0.1) is 0 Å². The maximum Gasteiger partial charge on any atom is 0.187 e. The average Bonchev–Trinajstić information content (AvgIpc) is 2.31. The molecule has 2 N–H and O–H groups in total. The maximum absolute atomic E-state index is 5.03. The smallest absolute Gasteiger partial charge is 0.187 e. The Labute approximate surface area is 102 Å². The van der Waals surface area contributed by atoms with Crippen LogP contribution in [0.25, 0.3) is 0 Å². The highest BCUT2D eigenvalue weighted by Crippen LogP contribution is 2.15. The molecule has 0 aromatic heterocycles. The first-order chi connectivity index (χ1) is 7.83. The second-order valence-electron chi connectivity index (χ2n) is 3.68. The Morgan fingerprint density at radius 3 is 3.19 bits per heavy atom. The van der Waals surface area contributed by atoms with Crippen LogP contribution in [0.1, 0.15) is 19.3 Å². The third-order valence-electron chi connectivity index (χ3n) is 2.35. The molecule has 0 spiro atoms. The fraction of sp³-hybridized carbons (Fsp3) is 0.636. The Kier molecular flexibility index (Phi) is 6.76. The summed E-state index contributed by atoms with van der Waals surface area (Å²) in [5, 5.41) is 7.65. The molecule has 0 fully saturated rings. The first-order valence-corrected chi connectivity index (χ1v) is 5.94. The zero-order valence-corrected chi connectivity index (χ0v) is 10.4. The van der Waals surface area contributed by atoms with Crippen LogP contribution in [-0.4, -0.2) is 31.6 Å². The van der Waals surface area contributed by atoms with Gasteiger partial charge in [0.2, 0.25) is 0 Å². The number of methoxy groups -OCH3 is 1. The molecule has 0 aromatic carbocycles. The van der Waals surface area contributed by atoms with Crippen molar-refractivity contribution in [3.8, 4) is 0 Å². The van der Waals surface area contributed by atoms with Crippen LogP contribution in [0.3, 0.4) is 0 Å². The fourth-order valence-electron chi connectivity index (χ4n) is 1.46. The van der Waals surface area contributed by atoms with Gasteiger partial charge in [0, 0.05) is 19.9 Å². The molecule has 1 aliphatic rings. The second-order valence-corrected chi connectivity index (χ2v) is 4.09. The lowest BCUT2D eigenvalue weighted by Gasteiger charge is -2.12. The lowest BCUT2D eigenvalue weighted by Crippen LogP contribution is -2.34. The van der Waals surface area contributed by atoms with Crippen molar-refractivity contribution in [1.82, 2.24) is 10.7 Å². The van der Waals surface area contributed by atoms with E-state index < -0.39 is 0 Å². The summed E-state index contributed by atoms with van der Waals surface area (Å²) in [4.78, 5) is 0. The Morgan fingerprint density at radius 2 is 2.50 bits per heavy atom. The number of hydrazone groups is 1. The van der Waals surface area contributed by atoms with E-state index in [1.807, 2.05) is 6.21 Å². The van der Waals surface area contributed by atoms with E-state index in [4.69, 9.17) is 17.0 Å². The van der Waals surface area contributed by atoms with Gasteiger partial charge in [-0.05, 0) is 37.4 Å². The number of nitrogens with one attached hydrogen (secondary N) is 2. The lowest BCUT2D eigenvalue weighted by atomic mass is 9.96. The summed E-state index contributed by atoms with van der Waals surface area (Å²) in [6.07, 6.45) is 9.76. The van der Waals surface area contributed by atoms with E-state index in [1.165, 1.54) is 6.42 Å². The summed E-state index contributed by atoms with van der Waals surface area (Å²) in [6, 6.07) is 0. The molecule has 0 bridgehead atoms. The second kappa shape index (κ2) is 8.24. The number of allylic oxidation sites excluding steroid dienone is 2. The molecule has 90 valence electrons. The van der Waals surface area contributed by atoms with Crippen molar-refractivity contribution in [3.05, 3.63) is 12.2 Å². The number of hydrogen-bond donors (Lipinski definition) is 2. The van der Waals surface area contributed by atoms with Crippen molar-refractivity contribution in [1.29, 1.82) is 0 Å². The number of thiocarbonyl (C=S) groups is 1. The topological polar surface area (TPSA) is 45.6 Å². The summed E-state index contributed by atoms with van der Waals surface area (Å²) in [5.74, 6) is 0.541. The Hall–Kier alpha value is -0.940. The number of hydrogen-bond acceptors (Lipinski definition) is 3. The SMILES string of the molecule is COCCNC(=S)NN=CC1CC=CCC1. The van der Waals surface area contributed by atoms with Crippen molar-refractivity contribution in [2.45, 2.75) is 19.3 Å². The van der Waals surface area contributed by atoms with Crippen LogP contribution in [-0.2, 0) is 4.74 Å². The normalized spacial score (nSPS) is 19.9. The molecule has 0 amide bonds. The molecule has 1 aliphatic carbocycles. The summed E-state index contributed by atoms with van der Waals surface area (Å²) < 4.78 is 4.90. The third kappa shape index (κ3) is 5.82. The molecule has 5 heteroatoms. The molecule has 0 radical (unpaired) electrons. The molecule has 0 heterocycles. The fourth-order valence-corrected chi connectivity index (χ4v) is 1.61. The van der Waals surface area contributed by atoms with Gasteiger partial charge in [0.25, 0.3) is 0 Å². The first-order valence-electron chi connectivity index (χ1n) is 5.54. The number of nitrogens with zero attached hydrogens (tertiary/aromatic N) is 1. The Balaban J connectivity index is 2.10. The van der Waals surface area contributed by atoms with Gasteiger partial charge in [-0.25, -0.2) is 0 Å². The van der Waals surface area contributed by atoms with Crippen LogP contribution in [0.4, 0.5) is 0 Å². The van der Waals surface area contributed by atoms with E-state index in [-0.39, 0.29) is 0 Å². The highest BCUT2D eigenvalue weighted by molar-refractivity contribution is 7.80. The molecule has 0 aromatic rings. The van der Waals surface area contributed by atoms with Gasteiger partial charge in [-0.2, -0.15) is 5.10 Å². The lowest BCUT2D eigenvalue weighted by molar-refractivity contribution is 0.204. The van der Waals surface area contributed by atoms with Crippen LogP contribution in [0, 0.1) is 5.92 Å². The minimum atomic E-state index is 0.541. The number of ether oxygens (including phenoxy) is 1. The quantitative estimate of drug-likeness (QED) is 0.251. The minimum absolute atomic E-state index is 0.541. The van der Waals surface area contributed by atoms with Gasteiger partial charge in [-0.3, -0.25) is 5.43 Å². The van der Waals surface area contributed by atoms with E-state index in [2.05, 4.69) is 28.0 Å². The summed E-state index contributed by atoms with van der Waals surface area (Å²) in [6.45, 7) is 1.34. The average molecular weight is 241 g/mol. The van der Waals surface area contributed by atoms with E-state index in [1.54, 1.807) is 7.11 Å². The molecule has 0 saturated carbocycles. The van der Waals surface area contributed by atoms with Crippen molar-refractivity contribution in [2.75, 3.05) is 20.3 Å². The van der Waals surface area contributed by atoms with Gasteiger partial charge >= 0.3 is 0 Å². The van der Waals surface area contributed by atoms with Gasteiger partial charge < -0.3 is 10.1 Å². The highest BCUT2D eigenvalue weighted by atomic mass is 32.1. The maximum atomic E-state index is 5.03. The molecule has 1 unspecified atom stereocenters. The van der Waals surface area contributed by atoms with Gasteiger partial charge in [0.1, 0.15) is 0 Å². The highest BCUT2D eigenvalue weighted by Gasteiger charge is 2.05. The molecule has 0 saturated heterocycles. The number of rotatable bonds is 5. The van der Waals surface area contributed by atoms with Gasteiger partial charge in [0.05, 0.1) is 6.61 Å². The van der Waals surface area contributed by atoms with Crippen molar-refractivity contribution in [3.63, 3.8) is 0 Å². The minimum Gasteiger partial charge on any atom is -0.383 e. The molecular weight excluding hydrogens is 222 g/mol. The largest absolute Gasteiger partial charge is 0.383 e. The predicted molar refractivity (Wildman–Crippen MR) is 70.6 cm³/mol. The molecule has 0 aliphatic heterocycles. The molecule has 1 rings (SSSR count). The van der Waals surface area contributed by atoms with Crippen LogP contribution in [0.15, 0.2) is 17.3 Å². The molecule has 1 atom stereocenters. The van der Waals surface area contributed by atoms with E-state index in [0.29, 0.717) is 24.2 Å². The first kappa shape index (κ1) is 13.1. The van der Waals surface area contributed by atoms with Crippen molar-refractivity contribution in [2.24, 2.45) is 11.0 Å². The summed E-state index contributed by atoms with van der Waals surface area (Å²) in [5.41, 5.74) is 2.80. The van der Waals surface area contributed by atoms with Crippen LogP contribution in [0.2, 0.25) is 0 Å². The van der Waals surface area contributed by atoms with E-state index in [0.717, 1.165) is 12.8 Å². The molecular formula is C11H19N3OS. The van der Waals surface area contributed by atoms with Gasteiger partial charge in [-0.1, -0.05) is 12.2 Å². The molecule has 4 nitrogen and oxygen atoms in total. The van der Waals surface area contributed by atoms with Crippen LogP contribution in [0.5, 0.6) is 0 Å². The van der Waals surface area contributed by atoms with E-state index >= 15 is 0 Å². The Morgan fingerprint density at radius 1 is 1.62 bits per heavy atom.